The van der Waals surface area contributed by atoms with Crippen molar-refractivity contribution in [3.63, 3.8) is 0 Å². The molecule has 0 aliphatic carbocycles. The molecule has 0 spiro atoms. The first kappa shape index (κ1) is 20.1. The molecule has 24 heavy (non-hydrogen) atoms. The minimum absolute atomic E-state index is 0.0490. The number of hydrogen-bond donors (Lipinski definition) is 3. The molecule has 1 rings (SSSR count). The average Bonchev–Trinajstić information content (AvgIpc) is 2.51. The molecule has 0 heterocycles. The molecule has 0 bridgehead atoms. The van der Waals surface area contributed by atoms with Gasteiger partial charge in [-0.15, -0.1) is 0 Å². The summed E-state index contributed by atoms with van der Waals surface area (Å²) in [4.78, 5) is 23.6. The van der Waals surface area contributed by atoms with Crippen molar-refractivity contribution in [2.24, 2.45) is 17.2 Å². The molecule has 134 valence electrons. The van der Waals surface area contributed by atoms with Gasteiger partial charge in [0, 0.05) is 32.0 Å². The third kappa shape index (κ3) is 9.27. The molecule has 0 radical (unpaired) electrons. The number of hydrogen-bond acceptors (Lipinski definition) is 4. The summed E-state index contributed by atoms with van der Waals surface area (Å²) in [6.07, 6.45) is 4.17. The van der Waals surface area contributed by atoms with E-state index in [0.29, 0.717) is 19.3 Å². The van der Waals surface area contributed by atoms with E-state index in [9.17, 15) is 9.59 Å². The zero-order valence-electron chi connectivity index (χ0n) is 14.5. The lowest BCUT2D eigenvalue weighted by Crippen LogP contribution is -2.35. The maximum atomic E-state index is 10.8. The van der Waals surface area contributed by atoms with Gasteiger partial charge in [0.2, 0.25) is 11.8 Å². The predicted octanol–water partition coefficient (Wildman–Crippen LogP) is 0.909. The molecular weight excluding hydrogens is 304 g/mol. The smallest absolute Gasteiger partial charge is 0.217 e. The maximum Gasteiger partial charge on any atom is 0.217 e. The van der Waals surface area contributed by atoms with Crippen LogP contribution in [0.4, 0.5) is 0 Å². The van der Waals surface area contributed by atoms with Gasteiger partial charge in [-0.3, -0.25) is 9.59 Å². The summed E-state index contributed by atoms with van der Waals surface area (Å²) < 4.78 is 0. The minimum atomic E-state index is -0.306. The van der Waals surface area contributed by atoms with Gasteiger partial charge in [-0.2, -0.15) is 0 Å². The maximum absolute atomic E-state index is 10.8. The van der Waals surface area contributed by atoms with Crippen molar-refractivity contribution in [2.45, 2.75) is 51.1 Å². The average molecular weight is 334 g/mol. The highest BCUT2D eigenvalue weighted by atomic mass is 16.1. The Balaban J connectivity index is 2.32. The van der Waals surface area contributed by atoms with Crippen LogP contribution in [0.5, 0.6) is 0 Å². The van der Waals surface area contributed by atoms with Gasteiger partial charge in [0.25, 0.3) is 0 Å². The van der Waals surface area contributed by atoms with Crippen molar-refractivity contribution in [1.29, 1.82) is 0 Å². The van der Waals surface area contributed by atoms with Crippen LogP contribution in [0.15, 0.2) is 24.3 Å². The summed E-state index contributed by atoms with van der Waals surface area (Å²) >= 11 is 0. The fourth-order valence-electron chi connectivity index (χ4n) is 2.64. The number of unbranched alkanes of at least 4 members (excludes halogenated alkanes) is 1. The monoisotopic (exact) mass is 334 g/mol. The number of carbonyl (C=O) groups is 2. The third-order valence-electron chi connectivity index (χ3n) is 3.92. The van der Waals surface area contributed by atoms with E-state index in [-0.39, 0.29) is 17.9 Å². The SMILES string of the molecule is CN(Cc1ccc(CCCCC(N)=O)cc1)CC(N)CCC(N)=O. The first-order valence-electron chi connectivity index (χ1n) is 8.45. The van der Waals surface area contributed by atoms with Crippen molar-refractivity contribution in [3.8, 4) is 0 Å². The summed E-state index contributed by atoms with van der Waals surface area (Å²) in [5.41, 5.74) is 18.8. The Morgan fingerprint density at radius 3 is 2.17 bits per heavy atom. The molecule has 0 aliphatic heterocycles. The van der Waals surface area contributed by atoms with Gasteiger partial charge in [-0.25, -0.2) is 0 Å². The van der Waals surface area contributed by atoms with E-state index in [1.165, 1.54) is 11.1 Å². The number of amides is 2. The molecule has 1 atom stereocenters. The lowest BCUT2D eigenvalue weighted by Gasteiger charge is -2.21. The highest BCUT2D eigenvalue weighted by Gasteiger charge is 2.09. The summed E-state index contributed by atoms with van der Waals surface area (Å²) in [7, 11) is 2.02. The van der Waals surface area contributed by atoms with Gasteiger partial charge in [0.15, 0.2) is 0 Å². The lowest BCUT2D eigenvalue weighted by atomic mass is 10.0. The predicted molar refractivity (Wildman–Crippen MR) is 95.9 cm³/mol. The Morgan fingerprint density at radius 2 is 1.58 bits per heavy atom. The number of primary amides is 2. The number of likely N-dealkylation sites (N-methyl/N-ethyl adjacent to an activating group) is 1. The molecule has 6 heteroatoms. The number of rotatable bonds is 12. The summed E-state index contributed by atoms with van der Waals surface area (Å²) in [5, 5.41) is 0. The van der Waals surface area contributed by atoms with Crippen molar-refractivity contribution in [1.82, 2.24) is 4.90 Å². The van der Waals surface area contributed by atoms with Gasteiger partial charge < -0.3 is 22.1 Å². The molecule has 0 aromatic heterocycles. The van der Waals surface area contributed by atoms with Crippen LogP contribution >= 0.6 is 0 Å². The van der Waals surface area contributed by atoms with Gasteiger partial charge >= 0.3 is 0 Å². The van der Waals surface area contributed by atoms with Crippen LogP contribution in [0.25, 0.3) is 0 Å². The first-order valence-corrected chi connectivity index (χ1v) is 8.45. The zero-order chi connectivity index (χ0) is 17.9. The highest BCUT2D eigenvalue weighted by molar-refractivity contribution is 5.73. The molecule has 0 fully saturated rings. The normalized spacial score (nSPS) is 12.3. The number of nitrogens with zero attached hydrogens (tertiary/aromatic N) is 1. The molecular formula is C18H30N4O2. The van der Waals surface area contributed by atoms with Gasteiger partial charge in [0.1, 0.15) is 0 Å². The third-order valence-corrected chi connectivity index (χ3v) is 3.92. The van der Waals surface area contributed by atoms with E-state index < -0.39 is 0 Å². The zero-order valence-corrected chi connectivity index (χ0v) is 14.5. The molecule has 0 aliphatic rings. The molecule has 6 nitrogen and oxygen atoms in total. The van der Waals surface area contributed by atoms with Crippen LogP contribution in [-0.2, 0) is 22.6 Å². The molecule has 1 aromatic carbocycles. The van der Waals surface area contributed by atoms with E-state index in [2.05, 4.69) is 29.2 Å². The van der Waals surface area contributed by atoms with Crippen LogP contribution < -0.4 is 17.2 Å². The molecule has 0 saturated heterocycles. The van der Waals surface area contributed by atoms with E-state index in [1.54, 1.807) is 0 Å². The van der Waals surface area contributed by atoms with Gasteiger partial charge in [-0.1, -0.05) is 24.3 Å². The quantitative estimate of drug-likeness (QED) is 0.493. The summed E-state index contributed by atoms with van der Waals surface area (Å²) in [6, 6.07) is 8.44. The van der Waals surface area contributed by atoms with Crippen LogP contribution in [0.3, 0.4) is 0 Å². The second-order valence-corrected chi connectivity index (χ2v) is 6.45. The van der Waals surface area contributed by atoms with Crippen LogP contribution in [0.1, 0.15) is 43.2 Å². The lowest BCUT2D eigenvalue weighted by molar-refractivity contribution is -0.119. The number of aryl methyl sites for hydroxylation is 1. The molecule has 1 aromatic rings. The molecule has 1 unspecified atom stereocenters. The Bertz CT molecular complexity index is 516. The largest absolute Gasteiger partial charge is 0.370 e. The number of carbonyl (C=O) groups excluding carboxylic acids is 2. The van der Waals surface area contributed by atoms with Crippen LogP contribution in [0.2, 0.25) is 0 Å². The fourth-order valence-corrected chi connectivity index (χ4v) is 2.64. The van der Waals surface area contributed by atoms with Crippen LogP contribution in [-0.4, -0.2) is 36.3 Å². The molecule has 2 amide bonds. The van der Waals surface area contributed by atoms with E-state index in [4.69, 9.17) is 17.2 Å². The van der Waals surface area contributed by atoms with Crippen LogP contribution in [0, 0.1) is 0 Å². The van der Waals surface area contributed by atoms with Crippen molar-refractivity contribution in [2.75, 3.05) is 13.6 Å². The number of nitrogens with two attached hydrogens (primary N) is 3. The van der Waals surface area contributed by atoms with E-state index in [1.807, 2.05) is 7.05 Å². The Hall–Kier alpha value is -1.92. The van der Waals surface area contributed by atoms with Gasteiger partial charge in [0.05, 0.1) is 0 Å². The van der Waals surface area contributed by atoms with E-state index in [0.717, 1.165) is 32.4 Å². The fraction of sp³-hybridized carbons (Fsp3) is 0.556. The minimum Gasteiger partial charge on any atom is -0.370 e. The first-order chi connectivity index (χ1) is 11.4. The highest BCUT2D eigenvalue weighted by Crippen LogP contribution is 2.11. The standard InChI is InChI=1S/C18H30N4O2/c1-22(13-16(19)10-11-18(21)24)12-15-8-6-14(7-9-15)4-2-3-5-17(20)23/h6-9,16H,2-5,10-13,19H2,1H3,(H2,20,23)(H2,21,24). The molecule has 6 N–H and O–H groups in total. The summed E-state index contributed by atoms with van der Waals surface area (Å²) in [6.45, 7) is 1.54. The van der Waals surface area contributed by atoms with E-state index >= 15 is 0 Å². The van der Waals surface area contributed by atoms with Crippen molar-refractivity contribution < 1.29 is 9.59 Å². The second-order valence-electron chi connectivity index (χ2n) is 6.45. The van der Waals surface area contributed by atoms with Gasteiger partial charge in [-0.05, 0) is 43.9 Å². The second kappa shape index (κ2) is 10.8. The van der Waals surface area contributed by atoms with Crippen molar-refractivity contribution in [3.05, 3.63) is 35.4 Å². The van der Waals surface area contributed by atoms with Crippen molar-refractivity contribution >= 4 is 11.8 Å². The number of benzene rings is 1. The Morgan fingerprint density at radius 1 is 1.00 bits per heavy atom. The topological polar surface area (TPSA) is 115 Å². The molecule has 0 saturated carbocycles. The Kier molecular flexibility index (Phi) is 9.04. The summed E-state index contributed by atoms with van der Waals surface area (Å²) in [5.74, 6) is -0.540. The Labute approximate surface area is 144 Å².